The molecule has 0 aromatic heterocycles. The quantitative estimate of drug-likeness (QED) is 0.498. The van der Waals surface area contributed by atoms with Crippen LogP contribution in [0.25, 0.3) is 0 Å². The van der Waals surface area contributed by atoms with Crippen molar-refractivity contribution in [2.45, 2.75) is 6.42 Å². The van der Waals surface area contributed by atoms with E-state index in [4.69, 9.17) is 11.5 Å². The smallest absolute Gasteiger partial charge is 0 e. The van der Waals surface area contributed by atoms with Crippen molar-refractivity contribution in [1.29, 1.82) is 0 Å². The number of hydrogen-bond donors (Lipinski definition) is 2. The monoisotopic (exact) mass is 114 g/mol. The zero-order valence-corrected chi connectivity index (χ0v) is 4.34. The Labute approximate surface area is 68.3 Å². The minimum atomic E-state index is 0. The van der Waals surface area contributed by atoms with Crippen LogP contribution in [0.3, 0.4) is 0 Å². The van der Waals surface area contributed by atoms with E-state index >= 15 is 0 Å². The van der Waals surface area contributed by atoms with Crippen molar-refractivity contribution >= 4 is 0 Å². The minimum absolute atomic E-state index is 0. The summed E-state index contributed by atoms with van der Waals surface area (Å²) in [5.74, 6) is 0. The van der Waals surface area contributed by atoms with Crippen LogP contribution in [-0.2, 0) is 0 Å². The SMILES string of the molecule is NCCCN.[Ar]. The predicted octanol–water partition coefficient (Wildman–Crippen LogP) is -0.706. The molecule has 0 fully saturated rings. The molecule has 0 unspecified atom stereocenters. The molecular formula is C3H10ArN2. The zero-order valence-electron chi connectivity index (χ0n) is 3.63. The average Bonchev–Trinajstić information content (AvgIpc) is 1.41. The molecule has 2 nitrogen and oxygen atoms in total. The molecule has 0 aliphatic rings. The van der Waals surface area contributed by atoms with Gasteiger partial charge >= 0.3 is 0 Å². The molecule has 0 amide bonds. The maximum Gasteiger partial charge on any atom is 0 e. The van der Waals surface area contributed by atoms with Crippen molar-refractivity contribution in [3.63, 3.8) is 0 Å². The van der Waals surface area contributed by atoms with Crippen LogP contribution in [0.2, 0.25) is 0 Å². The predicted molar refractivity (Wildman–Crippen MR) is 22.7 cm³/mol. The van der Waals surface area contributed by atoms with Crippen LogP contribution in [0.5, 0.6) is 0 Å². The van der Waals surface area contributed by atoms with Crippen LogP contribution in [0, 0.1) is 37.7 Å². The summed E-state index contributed by atoms with van der Waals surface area (Å²) in [7, 11) is 0. The molecule has 4 N–H and O–H groups in total. The van der Waals surface area contributed by atoms with Gasteiger partial charge in [-0.25, -0.2) is 0 Å². The van der Waals surface area contributed by atoms with Gasteiger partial charge in [-0.05, 0) is 19.5 Å². The van der Waals surface area contributed by atoms with Crippen LogP contribution in [0.4, 0.5) is 0 Å². The zero-order chi connectivity index (χ0) is 4.12. The van der Waals surface area contributed by atoms with Crippen molar-refractivity contribution in [2.75, 3.05) is 13.1 Å². The number of rotatable bonds is 2. The molecule has 0 atom stereocenters. The maximum absolute atomic E-state index is 5.06. The Morgan fingerprint density at radius 2 is 1.33 bits per heavy atom. The Balaban J connectivity index is 0. The molecule has 40 valence electrons. The topological polar surface area (TPSA) is 52.0 Å². The van der Waals surface area contributed by atoms with E-state index in [-0.39, 0.29) is 37.7 Å². The minimum Gasteiger partial charge on any atom is -0.330 e. The van der Waals surface area contributed by atoms with Gasteiger partial charge in [0.1, 0.15) is 0 Å². The summed E-state index contributed by atoms with van der Waals surface area (Å²) in [5, 5.41) is 0. The third kappa shape index (κ3) is 8.95. The van der Waals surface area contributed by atoms with E-state index in [1.54, 1.807) is 0 Å². The first-order valence-electron chi connectivity index (χ1n) is 1.82. The molecule has 0 rings (SSSR count). The van der Waals surface area contributed by atoms with Crippen LogP contribution in [0.1, 0.15) is 6.42 Å². The first-order chi connectivity index (χ1) is 2.41. The molecule has 0 spiro atoms. The van der Waals surface area contributed by atoms with E-state index in [1.807, 2.05) is 0 Å². The molecule has 3 heteroatoms. The first-order valence-corrected chi connectivity index (χ1v) is 1.82. The van der Waals surface area contributed by atoms with Gasteiger partial charge in [0, 0.05) is 37.7 Å². The summed E-state index contributed by atoms with van der Waals surface area (Å²) in [6, 6.07) is 0. The molecule has 0 aliphatic heterocycles. The van der Waals surface area contributed by atoms with E-state index in [9.17, 15) is 0 Å². The maximum atomic E-state index is 5.06. The van der Waals surface area contributed by atoms with Crippen molar-refractivity contribution in [1.82, 2.24) is 0 Å². The van der Waals surface area contributed by atoms with Crippen molar-refractivity contribution in [3.05, 3.63) is 0 Å². The normalized spacial score (nSPS) is 7.00. The van der Waals surface area contributed by atoms with Gasteiger partial charge in [-0.1, -0.05) is 0 Å². The molecule has 0 saturated heterocycles. The van der Waals surface area contributed by atoms with E-state index in [0.717, 1.165) is 19.5 Å². The molecule has 6 heavy (non-hydrogen) atoms. The van der Waals surface area contributed by atoms with Crippen LogP contribution in [0.15, 0.2) is 0 Å². The number of hydrogen-bond acceptors (Lipinski definition) is 2. The third-order valence-electron chi connectivity index (χ3n) is 0.408. The van der Waals surface area contributed by atoms with Crippen molar-refractivity contribution < 1.29 is 37.7 Å². The molecule has 0 saturated carbocycles. The molecule has 0 heterocycles. The molecule has 0 aromatic rings. The van der Waals surface area contributed by atoms with Crippen LogP contribution >= 0.6 is 0 Å². The van der Waals surface area contributed by atoms with Crippen molar-refractivity contribution in [2.24, 2.45) is 11.5 Å². The van der Waals surface area contributed by atoms with Gasteiger partial charge in [0.2, 0.25) is 0 Å². The summed E-state index contributed by atoms with van der Waals surface area (Å²) in [6.07, 6.45) is 0.944. The summed E-state index contributed by atoms with van der Waals surface area (Å²) < 4.78 is 0. The summed E-state index contributed by atoms with van der Waals surface area (Å²) in [5.41, 5.74) is 10.1. The Hall–Kier alpha value is 1.18. The summed E-state index contributed by atoms with van der Waals surface area (Å²) in [4.78, 5) is 0. The largest absolute Gasteiger partial charge is 0.330 e. The van der Waals surface area contributed by atoms with Crippen LogP contribution < -0.4 is 11.5 Å². The summed E-state index contributed by atoms with van der Waals surface area (Å²) in [6.45, 7) is 1.44. The first kappa shape index (κ1) is 10.2. The Morgan fingerprint density at radius 1 is 1.00 bits per heavy atom. The Morgan fingerprint density at radius 3 is 1.33 bits per heavy atom. The van der Waals surface area contributed by atoms with Gasteiger partial charge in [-0.2, -0.15) is 0 Å². The second-order valence-corrected chi connectivity index (χ2v) is 0.931. The number of nitrogens with two attached hydrogens (primary N) is 2. The third-order valence-corrected chi connectivity index (χ3v) is 0.408. The van der Waals surface area contributed by atoms with Gasteiger partial charge in [0.05, 0.1) is 0 Å². The standard InChI is InChI=1S/C3H10N2.Ar/c4-2-1-3-5;/h1-5H2;. The molecule has 0 aliphatic carbocycles. The van der Waals surface area contributed by atoms with Gasteiger partial charge in [-0.15, -0.1) is 0 Å². The fourth-order valence-electron chi connectivity index (χ4n) is 0.118. The van der Waals surface area contributed by atoms with Gasteiger partial charge < -0.3 is 11.5 Å². The van der Waals surface area contributed by atoms with Crippen molar-refractivity contribution in [3.8, 4) is 0 Å². The van der Waals surface area contributed by atoms with E-state index in [1.165, 1.54) is 0 Å². The van der Waals surface area contributed by atoms with E-state index in [2.05, 4.69) is 0 Å². The summed E-state index contributed by atoms with van der Waals surface area (Å²) >= 11 is 0. The molecule has 0 radical (unpaired) electrons. The second-order valence-electron chi connectivity index (χ2n) is 0.931. The molecule has 0 aromatic carbocycles. The van der Waals surface area contributed by atoms with E-state index < -0.39 is 0 Å². The van der Waals surface area contributed by atoms with E-state index in [0.29, 0.717) is 0 Å². The second kappa shape index (κ2) is 9.49. The Bertz CT molecular complexity index is 16.3. The fraction of sp³-hybridized carbons (Fsp3) is 1.00. The Kier molecular flexibility index (Phi) is 16.2. The fourth-order valence-corrected chi connectivity index (χ4v) is 0.118. The molecular weight excluding hydrogens is 104 g/mol. The van der Waals surface area contributed by atoms with Crippen LogP contribution in [-0.4, -0.2) is 13.1 Å². The van der Waals surface area contributed by atoms with Gasteiger partial charge in [-0.3, -0.25) is 0 Å². The average molecular weight is 114 g/mol. The molecule has 0 bridgehead atoms. The van der Waals surface area contributed by atoms with Gasteiger partial charge in [0.15, 0.2) is 0 Å². The van der Waals surface area contributed by atoms with Gasteiger partial charge in [0.25, 0.3) is 0 Å².